The van der Waals surface area contributed by atoms with Gasteiger partial charge in [-0.15, -0.1) is 0 Å². The largest absolute Gasteiger partial charge is 0.327 e. The third-order valence-electron chi connectivity index (χ3n) is 3.80. The highest BCUT2D eigenvalue weighted by atomic mass is 15.1. The van der Waals surface area contributed by atoms with Crippen molar-refractivity contribution < 1.29 is 0 Å². The predicted octanol–water partition coefficient (Wildman–Crippen LogP) is 3.26. The number of hydrogen-bond acceptors (Lipinski definition) is 2. The average molecular weight is 265 g/mol. The number of aryl methyl sites for hydroxylation is 2. The van der Waals surface area contributed by atoms with Crippen LogP contribution in [0.5, 0.6) is 0 Å². The number of hydrogen-bond donors (Lipinski definition) is 1. The molecule has 3 heteroatoms. The van der Waals surface area contributed by atoms with Crippen LogP contribution in [0.25, 0.3) is 22.4 Å². The summed E-state index contributed by atoms with van der Waals surface area (Å²) in [5.41, 5.74) is 11.5. The van der Waals surface area contributed by atoms with E-state index in [1.54, 1.807) is 0 Å². The van der Waals surface area contributed by atoms with Gasteiger partial charge in [-0.25, -0.2) is 4.98 Å². The maximum Gasteiger partial charge on any atom is 0.140 e. The molecule has 102 valence electrons. The molecule has 3 rings (SSSR count). The number of nitrogens with zero attached hydrogens (tertiary/aromatic N) is 2. The van der Waals surface area contributed by atoms with Crippen LogP contribution in [0.3, 0.4) is 0 Å². The fraction of sp³-hybridized carbons (Fsp3) is 0.235. The van der Waals surface area contributed by atoms with Crippen LogP contribution in [-0.4, -0.2) is 9.55 Å². The van der Waals surface area contributed by atoms with Gasteiger partial charge in [0.2, 0.25) is 0 Å². The minimum absolute atomic E-state index is 0.572. The first-order valence-corrected chi connectivity index (χ1v) is 6.97. The molecule has 1 aromatic heterocycles. The SMILES string of the molecule is CCc1ccc2c(c1)nc(-c1ccc(CN)cc1)n2C. The standard InChI is InChI=1S/C17H19N3/c1-3-12-6-9-16-15(10-12)19-17(20(16)2)14-7-4-13(11-18)5-8-14/h4-10H,3,11,18H2,1-2H3. The molecule has 0 radical (unpaired) electrons. The van der Waals surface area contributed by atoms with E-state index in [9.17, 15) is 0 Å². The number of nitrogens with two attached hydrogens (primary N) is 1. The Morgan fingerprint density at radius 3 is 2.40 bits per heavy atom. The molecule has 0 unspecified atom stereocenters. The highest BCUT2D eigenvalue weighted by Crippen LogP contribution is 2.24. The second-order valence-electron chi connectivity index (χ2n) is 5.07. The van der Waals surface area contributed by atoms with E-state index in [0.717, 1.165) is 28.9 Å². The quantitative estimate of drug-likeness (QED) is 0.790. The zero-order valence-corrected chi connectivity index (χ0v) is 11.9. The number of benzene rings is 2. The van der Waals surface area contributed by atoms with Crippen molar-refractivity contribution in [1.29, 1.82) is 0 Å². The fourth-order valence-corrected chi connectivity index (χ4v) is 2.51. The van der Waals surface area contributed by atoms with Gasteiger partial charge in [0, 0.05) is 19.2 Å². The maximum atomic E-state index is 5.64. The first-order chi connectivity index (χ1) is 9.72. The maximum absolute atomic E-state index is 5.64. The van der Waals surface area contributed by atoms with Gasteiger partial charge in [-0.05, 0) is 29.7 Å². The molecule has 3 nitrogen and oxygen atoms in total. The summed E-state index contributed by atoms with van der Waals surface area (Å²) in [5.74, 6) is 0.997. The lowest BCUT2D eigenvalue weighted by molar-refractivity contribution is 0.958. The zero-order chi connectivity index (χ0) is 14.1. The molecule has 0 spiro atoms. The van der Waals surface area contributed by atoms with Crippen molar-refractivity contribution in [2.75, 3.05) is 0 Å². The van der Waals surface area contributed by atoms with E-state index in [1.807, 2.05) is 0 Å². The van der Waals surface area contributed by atoms with Gasteiger partial charge in [0.25, 0.3) is 0 Å². The molecule has 20 heavy (non-hydrogen) atoms. The molecule has 0 aliphatic rings. The molecule has 2 aromatic carbocycles. The van der Waals surface area contributed by atoms with Gasteiger partial charge in [0.1, 0.15) is 5.82 Å². The Labute approximate surface area is 119 Å². The third kappa shape index (κ3) is 2.10. The minimum atomic E-state index is 0.572. The van der Waals surface area contributed by atoms with Gasteiger partial charge >= 0.3 is 0 Å². The molecular weight excluding hydrogens is 246 g/mol. The van der Waals surface area contributed by atoms with Crippen LogP contribution in [0.15, 0.2) is 42.5 Å². The summed E-state index contributed by atoms with van der Waals surface area (Å²) in [6.45, 7) is 2.74. The second kappa shape index (κ2) is 5.10. The molecule has 0 amide bonds. The minimum Gasteiger partial charge on any atom is -0.327 e. The van der Waals surface area contributed by atoms with Gasteiger partial charge in [-0.1, -0.05) is 37.3 Å². The third-order valence-corrected chi connectivity index (χ3v) is 3.80. The highest BCUT2D eigenvalue weighted by molar-refractivity contribution is 5.81. The van der Waals surface area contributed by atoms with Crippen molar-refractivity contribution >= 4 is 11.0 Å². The summed E-state index contributed by atoms with van der Waals surface area (Å²) in [6.07, 6.45) is 1.03. The lowest BCUT2D eigenvalue weighted by atomic mass is 10.1. The fourth-order valence-electron chi connectivity index (χ4n) is 2.51. The Balaban J connectivity index is 2.12. The van der Waals surface area contributed by atoms with Gasteiger partial charge in [0.05, 0.1) is 11.0 Å². The summed E-state index contributed by atoms with van der Waals surface area (Å²) < 4.78 is 2.15. The molecule has 0 saturated carbocycles. The van der Waals surface area contributed by atoms with E-state index in [2.05, 4.69) is 61.0 Å². The van der Waals surface area contributed by atoms with E-state index in [1.165, 1.54) is 11.1 Å². The van der Waals surface area contributed by atoms with Gasteiger partial charge in [0.15, 0.2) is 0 Å². The van der Waals surface area contributed by atoms with Crippen molar-refractivity contribution in [2.45, 2.75) is 19.9 Å². The zero-order valence-electron chi connectivity index (χ0n) is 11.9. The molecule has 0 atom stereocenters. The molecule has 3 aromatic rings. The van der Waals surface area contributed by atoms with Crippen LogP contribution in [0, 0.1) is 0 Å². The Kier molecular flexibility index (Phi) is 3.28. The molecule has 2 N–H and O–H groups in total. The van der Waals surface area contributed by atoms with Crippen LogP contribution in [-0.2, 0) is 20.0 Å². The Morgan fingerprint density at radius 1 is 1.05 bits per heavy atom. The summed E-state index contributed by atoms with van der Waals surface area (Å²) >= 11 is 0. The Bertz CT molecular complexity index is 739. The molecule has 0 saturated heterocycles. The van der Waals surface area contributed by atoms with Crippen LogP contribution >= 0.6 is 0 Å². The van der Waals surface area contributed by atoms with Gasteiger partial charge < -0.3 is 10.3 Å². The summed E-state index contributed by atoms with van der Waals surface area (Å²) in [5, 5.41) is 0. The smallest absolute Gasteiger partial charge is 0.140 e. The molecule has 0 bridgehead atoms. The first-order valence-electron chi connectivity index (χ1n) is 6.97. The number of fused-ring (bicyclic) bond motifs is 1. The van der Waals surface area contributed by atoms with Crippen LogP contribution in [0.2, 0.25) is 0 Å². The van der Waals surface area contributed by atoms with Crippen molar-refractivity contribution in [2.24, 2.45) is 12.8 Å². The number of aromatic nitrogens is 2. The highest BCUT2D eigenvalue weighted by Gasteiger charge is 2.09. The number of rotatable bonds is 3. The lowest BCUT2D eigenvalue weighted by Crippen LogP contribution is -1.96. The summed E-state index contributed by atoms with van der Waals surface area (Å²) in [4.78, 5) is 4.78. The van der Waals surface area contributed by atoms with E-state index in [0.29, 0.717) is 6.54 Å². The van der Waals surface area contributed by atoms with Crippen LogP contribution in [0.4, 0.5) is 0 Å². The molecule has 0 aliphatic heterocycles. The van der Waals surface area contributed by atoms with E-state index in [-0.39, 0.29) is 0 Å². The first kappa shape index (κ1) is 12.9. The van der Waals surface area contributed by atoms with Crippen LogP contribution < -0.4 is 5.73 Å². The monoisotopic (exact) mass is 265 g/mol. The van der Waals surface area contributed by atoms with Crippen molar-refractivity contribution in [1.82, 2.24) is 9.55 Å². The van der Waals surface area contributed by atoms with E-state index < -0.39 is 0 Å². The normalized spacial score (nSPS) is 11.2. The van der Waals surface area contributed by atoms with Crippen molar-refractivity contribution in [3.05, 3.63) is 53.6 Å². The Hall–Kier alpha value is -2.13. The van der Waals surface area contributed by atoms with E-state index >= 15 is 0 Å². The summed E-state index contributed by atoms with van der Waals surface area (Å²) in [7, 11) is 2.06. The summed E-state index contributed by atoms with van der Waals surface area (Å²) in [6, 6.07) is 14.8. The average Bonchev–Trinajstić information content (AvgIpc) is 2.84. The van der Waals surface area contributed by atoms with Gasteiger partial charge in [-0.2, -0.15) is 0 Å². The van der Waals surface area contributed by atoms with Crippen LogP contribution in [0.1, 0.15) is 18.1 Å². The molecule has 0 fully saturated rings. The second-order valence-corrected chi connectivity index (χ2v) is 5.07. The van der Waals surface area contributed by atoms with Gasteiger partial charge in [-0.3, -0.25) is 0 Å². The number of imidazole rings is 1. The molecule has 0 aliphatic carbocycles. The molecule has 1 heterocycles. The lowest BCUT2D eigenvalue weighted by Gasteiger charge is -2.03. The van der Waals surface area contributed by atoms with Crippen molar-refractivity contribution in [3.63, 3.8) is 0 Å². The van der Waals surface area contributed by atoms with E-state index in [4.69, 9.17) is 10.7 Å². The van der Waals surface area contributed by atoms with Crippen molar-refractivity contribution in [3.8, 4) is 11.4 Å². The molecular formula is C17H19N3. The predicted molar refractivity (Wildman–Crippen MR) is 83.4 cm³/mol. The topological polar surface area (TPSA) is 43.8 Å². The Morgan fingerprint density at radius 2 is 1.75 bits per heavy atom.